The number of benzene rings is 1. The van der Waals surface area contributed by atoms with Crippen LogP contribution in [0.15, 0.2) is 41.8 Å². The van der Waals surface area contributed by atoms with Crippen molar-refractivity contribution >= 4 is 39.7 Å². The molecule has 0 fully saturated rings. The highest BCUT2D eigenvalue weighted by Crippen LogP contribution is 2.25. The van der Waals surface area contributed by atoms with E-state index < -0.39 is 18.0 Å². The van der Waals surface area contributed by atoms with Crippen molar-refractivity contribution in [1.82, 2.24) is 4.98 Å². The van der Waals surface area contributed by atoms with Crippen LogP contribution in [-0.4, -0.2) is 23.0 Å². The summed E-state index contributed by atoms with van der Waals surface area (Å²) in [5.74, 6) is -0.898. The van der Waals surface area contributed by atoms with Crippen molar-refractivity contribution in [2.24, 2.45) is 0 Å². The molecule has 3 aromatic rings. The van der Waals surface area contributed by atoms with Crippen molar-refractivity contribution in [3.05, 3.63) is 57.1 Å². The molecule has 0 saturated carbocycles. The summed E-state index contributed by atoms with van der Waals surface area (Å²) in [6.07, 6.45) is 0.0800. The van der Waals surface area contributed by atoms with Crippen LogP contribution in [0.4, 0.5) is 5.13 Å². The molecule has 0 bridgehead atoms. The molecule has 3 rings (SSSR count). The Bertz CT molecular complexity index is 944. The molecular formula is C20H20N2O3S2. The van der Waals surface area contributed by atoms with Gasteiger partial charge in [-0.05, 0) is 38.0 Å². The molecule has 2 heterocycles. The molecule has 0 aliphatic rings. The van der Waals surface area contributed by atoms with E-state index in [-0.39, 0.29) is 0 Å². The Balaban J connectivity index is 1.60. The van der Waals surface area contributed by atoms with Gasteiger partial charge in [-0.15, -0.1) is 22.7 Å². The number of hydrogen-bond donors (Lipinski definition) is 1. The zero-order valence-electron chi connectivity index (χ0n) is 15.3. The predicted molar refractivity (Wildman–Crippen MR) is 109 cm³/mol. The number of aromatic nitrogens is 1. The number of thiophene rings is 1. The van der Waals surface area contributed by atoms with E-state index in [4.69, 9.17) is 4.74 Å². The fourth-order valence-corrected chi connectivity index (χ4v) is 3.87. The van der Waals surface area contributed by atoms with Gasteiger partial charge in [0.25, 0.3) is 5.91 Å². The molecule has 0 aliphatic heterocycles. The number of ether oxygens (including phenoxy) is 1. The zero-order chi connectivity index (χ0) is 19.4. The van der Waals surface area contributed by atoms with Crippen LogP contribution in [0.1, 0.15) is 34.0 Å². The van der Waals surface area contributed by atoms with Crippen LogP contribution in [0, 0.1) is 6.92 Å². The first kappa shape index (κ1) is 19.3. The van der Waals surface area contributed by atoms with Gasteiger partial charge < -0.3 is 4.74 Å². The third-order valence-electron chi connectivity index (χ3n) is 3.99. The Morgan fingerprint density at radius 2 is 1.93 bits per heavy atom. The summed E-state index contributed by atoms with van der Waals surface area (Å²) in [6, 6.07) is 11.7. The minimum atomic E-state index is -0.906. The maximum Gasteiger partial charge on any atom is 0.349 e. The summed E-state index contributed by atoms with van der Waals surface area (Å²) in [4.78, 5) is 30.3. The van der Waals surface area contributed by atoms with E-state index in [1.165, 1.54) is 28.2 Å². The average Bonchev–Trinajstić information content (AvgIpc) is 3.31. The number of anilines is 1. The van der Waals surface area contributed by atoms with E-state index >= 15 is 0 Å². The first-order chi connectivity index (χ1) is 13.0. The van der Waals surface area contributed by atoms with Crippen LogP contribution >= 0.6 is 22.7 Å². The lowest BCUT2D eigenvalue weighted by molar-refractivity contribution is -0.123. The number of amides is 1. The second-order valence-corrected chi connectivity index (χ2v) is 8.18. The third-order valence-corrected chi connectivity index (χ3v) is 5.73. The Morgan fingerprint density at radius 1 is 1.19 bits per heavy atom. The summed E-state index contributed by atoms with van der Waals surface area (Å²) in [5, 5.41) is 5.08. The topological polar surface area (TPSA) is 68.3 Å². The summed E-state index contributed by atoms with van der Waals surface area (Å²) < 4.78 is 5.24. The average molecular weight is 401 g/mol. The lowest BCUT2D eigenvalue weighted by Crippen LogP contribution is -2.29. The maximum absolute atomic E-state index is 12.3. The Labute approximate surface area is 166 Å². The molecule has 0 spiro atoms. The molecule has 27 heavy (non-hydrogen) atoms. The Kier molecular flexibility index (Phi) is 6.03. The van der Waals surface area contributed by atoms with Gasteiger partial charge in [0.1, 0.15) is 4.88 Å². The molecule has 7 heteroatoms. The molecular weight excluding hydrogens is 380 g/mol. The van der Waals surface area contributed by atoms with Crippen molar-refractivity contribution in [2.75, 3.05) is 5.32 Å². The van der Waals surface area contributed by atoms with E-state index in [1.807, 2.05) is 30.5 Å². The Morgan fingerprint density at radius 3 is 2.56 bits per heavy atom. The maximum atomic E-state index is 12.3. The summed E-state index contributed by atoms with van der Waals surface area (Å²) in [5.41, 5.74) is 3.06. The quantitative estimate of drug-likeness (QED) is 0.596. The molecule has 1 N–H and O–H groups in total. The van der Waals surface area contributed by atoms with Crippen molar-refractivity contribution in [3.8, 4) is 11.3 Å². The van der Waals surface area contributed by atoms with Gasteiger partial charge >= 0.3 is 5.97 Å². The van der Waals surface area contributed by atoms with Gasteiger partial charge in [-0.25, -0.2) is 9.78 Å². The van der Waals surface area contributed by atoms with Gasteiger partial charge in [-0.1, -0.05) is 31.2 Å². The van der Waals surface area contributed by atoms with Crippen LogP contribution in [-0.2, 0) is 16.0 Å². The smallest absolute Gasteiger partial charge is 0.349 e. The van der Waals surface area contributed by atoms with Gasteiger partial charge in [-0.2, -0.15) is 0 Å². The van der Waals surface area contributed by atoms with Crippen LogP contribution in [0.2, 0.25) is 0 Å². The lowest BCUT2D eigenvalue weighted by Gasteiger charge is -2.11. The number of carbonyl (C=O) groups excluding carboxylic acids is 2. The van der Waals surface area contributed by atoms with E-state index in [0.29, 0.717) is 10.0 Å². The molecule has 0 radical (unpaired) electrons. The minimum absolute atomic E-state index is 0.404. The first-order valence-corrected chi connectivity index (χ1v) is 10.3. The molecule has 1 atom stereocenters. The molecule has 2 aromatic heterocycles. The highest BCUT2D eigenvalue weighted by atomic mass is 32.1. The fourth-order valence-electron chi connectivity index (χ4n) is 2.40. The zero-order valence-corrected chi connectivity index (χ0v) is 16.9. The van der Waals surface area contributed by atoms with E-state index in [9.17, 15) is 9.59 Å². The van der Waals surface area contributed by atoms with E-state index in [1.54, 1.807) is 13.0 Å². The lowest BCUT2D eigenvalue weighted by atomic mass is 10.1. The molecule has 1 aromatic carbocycles. The highest BCUT2D eigenvalue weighted by Gasteiger charge is 2.21. The van der Waals surface area contributed by atoms with E-state index in [2.05, 4.69) is 29.4 Å². The largest absolute Gasteiger partial charge is 0.448 e. The predicted octanol–water partition coefficient (Wildman–Crippen LogP) is 4.93. The van der Waals surface area contributed by atoms with Gasteiger partial charge in [-0.3, -0.25) is 10.1 Å². The summed E-state index contributed by atoms with van der Waals surface area (Å²) in [7, 11) is 0. The number of nitrogens with one attached hydrogen (secondary N) is 1. The highest BCUT2D eigenvalue weighted by molar-refractivity contribution is 7.14. The monoisotopic (exact) mass is 400 g/mol. The van der Waals surface area contributed by atoms with Crippen molar-refractivity contribution in [3.63, 3.8) is 0 Å². The van der Waals surface area contributed by atoms with Crippen molar-refractivity contribution in [1.29, 1.82) is 0 Å². The minimum Gasteiger partial charge on any atom is -0.448 e. The van der Waals surface area contributed by atoms with Crippen molar-refractivity contribution in [2.45, 2.75) is 33.3 Å². The van der Waals surface area contributed by atoms with Gasteiger partial charge in [0.05, 0.1) is 5.69 Å². The number of nitrogens with zero attached hydrogens (tertiary/aromatic N) is 1. The van der Waals surface area contributed by atoms with Crippen LogP contribution in [0.5, 0.6) is 0 Å². The van der Waals surface area contributed by atoms with E-state index in [0.717, 1.165) is 22.6 Å². The van der Waals surface area contributed by atoms with Gasteiger partial charge in [0, 0.05) is 15.8 Å². The molecule has 0 aliphatic carbocycles. The number of thiazole rings is 1. The van der Waals surface area contributed by atoms with Crippen LogP contribution < -0.4 is 5.32 Å². The molecule has 0 unspecified atom stereocenters. The molecule has 140 valence electrons. The third kappa shape index (κ3) is 4.81. The summed E-state index contributed by atoms with van der Waals surface area (Å²) >= 11 is 2.68. The number of aryl methyl sites for hydroxylation is 2. The normalized spacial score (nSPS) is 11.8. The number of hydrogen-bond acceptors (Lipinski definition) is 6. The van der Waals surface area contributed by atoms with Crippen molar-refractivity contribution < 1.29 is 14.3 Å². The second kappa shape index (κ2) is 8.45. The first-order valence-electron chi connectivity index (χ1n) is 8.59. The molecule has 0 saturated heterocycles. The van der Waals surface area contributed by atoms with Gasteiger partial charge in [0.2, 0.25) is 0 Å². The summed E-state index contributed by atoms with van der Waals surface area (Å²) in [6.45, 7) is 5.57. The number of rotatable bonds is 6. The standard InChI is InChI=1S/C20H20N2O3S2/c1-4-14-6-8-15(9-7-14)16-11-26-20(21-16)22-18(23)13(3)25-19(24)17-10-5-12(2)27-17/h5-11,13H,4H2,1-3H3,(H,21,22,23)/t13-/m1/s1. The second-order valence-electron chi connectivity index (χ2n) is 6.04. The van der Waals surface area contributed by atoms with Crippen LogP contribution in [0.3, 0.4) is 0 Å². The van der Waals surface area contributed by atoms with Gasteiger partial charge in [0.15, 0.2) is 11.2 Å². The molecule has 1 amide bonds. The van der Waals surface area contributed by atoms with Crippen LogP contribution in [0.25, 0.3) is 11.3 Å². The molecule has 5 nitrogen and oxygen atoms in total. The number of esters is 1. The SMILES string of the molecule is CCc1ccc(-c2csc(NC(=O)[C@@H](C)OC(=O)c3ccc(C)s3)n2)cc1. The Hall–Kier alpha value is -2.51. The number of carbonyl (C=O) groups is 2. The fraction of sp³-hybridized carbons (Fsp3) is 0.250.